The van der Waals surface area contributed by atoms with E-state index < -0.39 is 107 Å². The second-order valence-corrected chi connectivity index (χ2v) is 26.3. The molecule has 4 heterocycles. The smallest absolute Gasteiger partial charge is 0.246 e. The molecule has 1 fully saturated rings. The molecule has 26 heteroatoms. The Morgan fingerprint density at radius 2 is 1.33 bits per heavy atom. The predicted molar refractivity (Wildman–Crippen MR) is 355 cm³/mol. The minimum absolute atomic E-state index is 0.000412. The van der Waals surface area contributed by atoms with Crippen LogP contribution < -0.4 is 47.3 Å². The summed E-state index contributed by atoms with van der Waals surface area (Å²) in [6.45, 7) is 6.62. The first-order valence-electron chi connectivity index (χ1n) is 31.5. The highest BCUT2D eigenvalue weighted by Gasteiger charge is 2.48. The van der Waals surface area contributed by atoms with E-state index >= 15 is 28.4 Å². The molecule has 6 bridgehead atoms. The van der Waals surface area contributed by atoms with Crippen LogP contribution in [-0.4, -0.2) is 174 Å². The number of nitrogens with one attached hydrogen (secondary N) is 8. The van der Waals surface area contributed by atoms with Gasteiger partial charge in [-0.05, 0) is 117 Å². The van der Waals surface area contributed by atoms with Gasteiger partial charge in [-0.3, -0.25) is 52.9 Å². The molecule has 10 amide bonds. The molecular weight excluding hydrogens is 1250 g/mol. The summed E-state index contributed by atoms with van der Waals surface area (Å²) in [5.74, 6) is -4.58. The molecule has 5 aromatic rings. The lowest BCUT2D eigenvalue weighted by atomic mass is 9.95. The first-order chi connectivity index (χ1) is 45.0. The number of nitrogens with zero attached hydrogens (tertiary/aromatic N) is 3. The van der Waals surface area contributed by atoms with Crippen LogP contribution in [0, 0.1) is 5.82 Å². The zero-order chi connectivity index (χ0) is 67.6. The topological polar surface area (TPSA) is 305 Å². The third kappa shape index (κ3) is 19.0. The van der Waals surface area contributed by atoms with Crippen molar-refractivity contribution in [2.75, 3.05) is 45.9 Å². The monoisotopic (exact) mass is 1330 g/mol. The van der Waals surface area contributed by atoms with E-state index in [1.54, 1.807) is 85.0 Å². The van der Waals surface area contributed by atoms with Crippen LogP contribution in [-0.2, 0) is 90.0 Å². The van der Waals surface area contributed by atoms with Crippen molar-refractivity contribution in [3.8, 4) is 5.75 Å². The summed E-state index contributed by atoms with van der Waals surface area (Å²) in [5.41, 5.74) is 3.32. The predicted octanol–water partition coefficient (Wildman–Crippen LogP) is 3.70. The zero-order valence-electron chi connectivity index (χ0n) is 54.0. The number of methoxy groups -OCH3 is 2. The minimum atomic E-state index is -1.58. The maximum Gasteiger partial charge on any atom is 0.246 e. The Morgan fingerprint density at radius 3 is 2.05 bits per heavy atom. The summed E-state index contributed by atoms with van der Waals surface area (Å²) in [4.78, 5) is 152. The number of amides is 10. The zero-order valence-corrected chi connectivity index (χ0v) is 55.6. The highest BCUT2D eigenvalue weighted by atomic mass is 32.2. The van der Waals surface area contributed by atoms with E-state index in [-0.39, 0.29) is 63.4 Å². The number of hydrogen-bond donors (Lipinski definition) is 8. The average Bonchev–Trinajstić information content (AvgIpc) is 1.54. The van der Waals surface area contributed by atoms with Gasteiger partial charge in [0.15, 0.2) is 0 Å². The summed E-state index contributed by atoms with van der Waals surface area (Å²) >= 11 is 3.17. The largest absolute Gasteiger partial charge is 0.497 e. The number of thioether (sulfide) groups is 2. The number of pyridine rings is 1. The lowest BCUT2D eigenvalue weighted by Gasteiger charge is -2.37. The third-order valence-corrected chi connectivity index (χ3v) is 19.3. The fourth-order valence-electron chi connectivity index (χ4n) is 11.7. The molecule has 3 aliphatic rings. The van der Waals surface area contributed by atoms with E-state index in [0.29, 0.717) is 81.3 Å². The van der Waals surface area contributed by atoms with Crippen molar-refractivity contribution >= 4 is 93.5 Å². The fourth-order valence-corrected chi connectivity index (χ4v) is 13.4. The number of aromatic nitrogens is 1. The Morgan fingerprint density at radius 1 is 0.670 bits per heavy atom. The SMILES string of the molecule is COc1ccc(C[C@@H]2NC(=O)[C@H]([C@@H](C)OC)NC(=O)[C@@H]3CCC(=O)NCc4cccc(c4)C[C@H](NC(=O)[C@@H](C)NC(=O)[C@H](C)NC(=O)CCSCc4cccc(c4)CSCCNC(=O)[C@]4(C)CCCN4C2=O)C(=O)N[C@@H](Cc2ccnc4ccc(F)cc24)C(=O)N3C)cc1. The van der Waals surface area contributed by atoms with Gasteiger partial charge in [-0.2, -0.15) is 23.5 Å². The second kappa shape index (κ2) is 33.5. The van der Waals surface area contributed by atoms with Gasteiger partial charge in [0, 0.05) is 100 Å². The van der Waals surface area contributed by atoms with Crippen molar-refractivity contribution in [1.82, 2.24) is 57.3 Å². The molecule has 0 spiro atoms. The van der Waals surface area contributed by atoms with Crippen molar-refractivity contribution < 1.29 is 61.8 Å². The van der Waals surface area contributed by atoms with Gasteiger partial charge in [0.05, 0.1) is 18.7 Å². The molecule has 0 unspecified atom stereocenters. The summed E-state index contributed by atoms with van der Waals surface area (Å²) in [6, 6.07) is 17.6. The highest BCUT2D eigenvalue weighted by Crippen LogP contribution is 2.31. The third-order valence-electron chi connectivity index (χ3n) is 17.2. The Kier molecular flexibility index (Phi) is 25.4. The van der Waals surface area contributed by atoms with Gasteiger partial charge in [-0.1, -0.05) is 60.7 Å². The molecule has 94 heavy (non-hydrogen) atoms. The summed E-state index contributed by atoms with van der Waals surface area (Å²) < 4.78 is 26.2. The van der Waals surface area contributed by atoms with E-state index in [9.17, 15) is 24.0 Å². The van der Waals surface area contributed by atoms with E-state index in [0.717, 1.165) is 16.0 Å². The molecule has 0 aliphatic carbocycles. The number of benzene rings is 4. The van der Waals surface area contributed by atoms with Crippen LogP contribution in [0.3, 0.4) is 0 Å². The Balaban J connectivity index is 1.16. The van der Waals surface area contributed by atoms with E-state index in [1.165, 1.54) is 71.3 Å². The van der Waals surface area contributed by atoms with Gasteiger partial charge in [-0.25, -0.2) is 4.39 Å². The van der Waals surface area contributed by atoms with Gasteiger partial charge < -0.3 is 61.8 Å². The quantitative estimate of drug-likeness (QED) is 0.115. The molecule has 8 rings (SSSR count). The van der Waals surface area contributed by atoms with Gasteiger partial charge in [0.1, 0.15) is 59.4 Å². The molecule has 3 aliphatic heterocycles. The molecule has 0 saturated carbocycles. The molecule has 23 nitrogen and oxygen atoms in total. The number of carbonyl (C=O) groups is 10. The van der Waals surface area contributed by atoms with Crippen molar-refractivity contribution in [2.24, 2.45) is 0 Å². The fraction of sp³-hybridized carbons (Fsp3) is 0.456. The molecule has 4 aromatic carbocycles. The molecule has 8 N–H and O–H groups in total. The maximum atomic E-state index is 15.5. The molecule has 9 atom stereocenters. The van der Waals surface area contributed by atoms with E-state index in [2.05, 4.69) is 53.6 Å². The standard InChI is InChI=1S/C68H84FN11O12S2/c1-40-60(83)74-41(2)61(84)75-53-34-44-11-8-12-45(31-44)37-72-57(81)22-21-56(79(5)65(88)55(76-62(53)85)35-48-23-26-70-52-20-17-49(69)36-51(48)52)63(86)78-59(42(3)91-6)64(87)77-54(33-43-15-18-50(92-7)19-16-43)66(89)80-28-10-25-68(80,4)67(90)71-27-30-94-39-47-14-9-13-46(32-47)38-93-29-24-58(82)73-40/h8-9,11-20,23,26,31-32,36,40-42,53-56,59H,10,21-22,24-25,27-30,33-35,37-39H2,1-7H3,(H,71,90)(H,72,81)(H,73,82)(H,74,83)(H,75,84)(H,76,85)(H,77,87)(H,78,86)/t40-,41+,42+,53-,54-,55-,56-,59-,68-/m0/s1. The number of halogens is 1. The van der Waals surface area contributed by atoms with Crippen LogP contribution in [0.2, 0.25) is 0 Å². The van der Waals surface area contributed by atoms with Crippen LogP contribution in [0.15, 0.2) is 103 Å². The lowest BCUT2D eigenvalue weighted by molar-refractivity contribution is -0.147. The van der Waals surface area contributed by atoms with Crippen molar-refractivity contribution in [1.29, 1.82) is 0 Å². The Bertz CT molecular complexity index is 3590. The first-order valence-corrected chi connectivity index (χ1v) is 33.8. The summed E-state index contributed by atoms with van der Waals surface area (Å²) in [5, 5.41) is 22.8. The molecule has 502 valence electrons. The van der Waals surface area contributed by atoms with Crippen molar-refractivity contribution in [2.45, 2.75) is 151 Å². The molecule has 1 aromatic heterocycles. The van der Waals surface area contributed by atoms with Crippen LogP contribution >= 0.6 is 23.5 Å². The van der Waals surface area contributed by atoms with Crippen molar-refractivity contribution in [3.05, 3.63) is 142 Å². The lowest BCUT2D eigenvalue weighted by Crippen LogP contribution is -2.63. The van der Waals surface area contributed by atoms with Crippen LogP contribution in [0.4, 0.5) is 4.39 Å². The number of hydrogen-bond acceptors (Lipinski definition) is 15. The van der Waals surface area contributed by atoms with Gasteiger partial charge in [-0.15, -0.1) is 0 Å². The molecule has 1 saturated heterocycles. The van der Waals surface area contributed by atoms with Gasteiger partial charge >= 0.3 is 0 Å². The summed E-state index contributed by atoms with van der Waals surface area (Å²) in [6.07, 6.45) is 0.0992. The van der Waals surface area contributed by atoms with Crippen LogP contribution in [0.25, 0.3) is 10.9 Å². The number of carbonyl (C=O) groups excluding carboxylic acids is 10. The average molecular weight is 1330 g/mol. The number of rotatable bonds is 7. The van der Waals surface area contributed by atoms with Crippen LogP contribution in [0.5, 0.6) is 5.75 Å². The van der Waals surface area contributed by atoms with Gasteiger partial charge in [0.2, 0.25) is 59.1 Å². The van der Waals surface area contributed by atoms with Gasteiger partial charge in [0.25, 0.3) is 0 Å². The minimum Gasteiger partial charge on any atom is -0.497 e. The number of ether oxygens (including phenoxy) is 2. The van der Waals surface area contributed by atoms with Crippen molar-refractivity contribution in [3.63, 3.8) is 0 Å². The maximum absolute atomic E-state index is 15.5. The molecule has 0 radical (unpaired) electrons. The Labute approximate surface area is 555 Å². The van der Waals surface area contributed by atoms with E-state index in [1.807, 2.05) is 18.2 Å². The summed E-state index contributed by atoms with van der Waals surface area (Å²) in [7, 11) is 4.13. The number of fused-ring (bicyclic) bond motifs is 12. The highest BCUT2D eigenvalue weighted by molar-refractivity contribution is 7.98. The molecular formula is C68H84FN11O12S2. The Hall–Kier alpha value is -8.62. The van der Waals surface area contributed by atoms with E-state index in [4.69, 9.17) is 9.47 Å². The number of likely N-dealkylation sites (N-methyl/N-ethyl adjacent to an activating group) is 1. The van der Waals surface area contributed by atoms with Crippen LogP contribution in [0.1, 0.15) is 93.2 Å². The normalized spacial score (nSPS) is 24.8. The second-order valence-electron chi connectivity index (χ2n) is 24.1. The first kappa shape index (κ1) is 71.2.